The van der Waals surface area contributed by atoms with Crippen LogP contribution in [0.4, 0.5) is 0 Å². The lowest BCUT2D eigenvalue weighted by atomic mass is 9.71. The molecule has 3 N–H and O–H groups in total. The summed E-state index contributed by atoms with van der Waals surface area (Å²) in [5, 5.41) is 29.1. The van der Waals surface area contributed by atoms with Gasteiger partial charge >= 0.3 is 0 Å². The van der Waals surface area contributed by atoms with E-state index in [1.807, 2.05) is 0 Å². The topological polar surface area (TPSA) is 63.9 Å². The predicted octanol–water partition coefficient (Wildman–Crippen LogP) is 0.211. The van der Waals surface area contributed by atoms with E-state index in [1.165, 1.54) is 0 Å². The van der Waals surface area contributed by atoms with Gasteiger partial charge in [0.2, 0.25) is 0 Å². The molecular weight excluding hydrogens is 218 g/mol. The highest BCUT2D eigenvalue weighted by Gasteiger charge is 2.37. The molecule has 1 aliphatic heterocycles. The molecule has 0 amide bonds. The number of likely N-dealkylation sites (tertiary alicyclic amines) is 1. The minimum atomic E-state index is -0.622. The van der Waals surface area contributed by atoms with Gasteiger partial charge in [-0.15, -0.1) is 0 Å². The molecule has 4 unspecified atom stereocenters. The van der Waals surface area contributed by atoms with E-state index in [1.54, 1.807) is 0 Å². The molecular formula is C13H25NO3. The van der Waals surface area contributed by atoms with E-state index in [0.29, 0.717) is 18.5 Å². The lowest BCUT2D eigenvalue weighted by molar-refractivity contribution is 0.00561. The second-order valence-corrected chi connectivity index (χ2v) is 6.59. The van der Waals surface area contributed by atoms with E-state index in [-0.39, 0.29) is 12.0 Å². The lowest BCUT2D eigenvalue weighted by Gasteiger charge is -2.40. The summed E-state index contributed by atoms with van der Waals surface area (Å²) >= 11 is 0. The maximum atomic E-state index is 10.0. The summed E-state index contributed by atoms with van der Waals surface area (Å²) in [6.07, 6.45) is 1.51. The highest BCUT2D eigenvalue weighted by atomic mass is 16.3. The highest BCUT2D eigenvalue weighted by Crippen LogP contribution is 2.39. The number of hydrogen-bond donors (Lipinski definition) is 3. The van der Waals surface area contributed by atoms with Crippen LogP contribution >= 0.6 is 0 Å². The second kappa shape index (κ2) is 4.84. The van der Waals surface area contributed by atoms with Gasteiger partial charge in [0.25, 0.3) is 0 Å². The van der Waals surface area contributed by atoms with Gasteiger partial charge in [0, 0.05) is 19.6 Å². The molecule has 1 aliphatic carbocycles. The Hall–Kier alpha value is -0.160. The van der Waals surface area contributed by atoms with Crippen LogP contribution in [-0.2, 0) is 0 Å². The zero-order chi connectivity index (χ0) is 12.6. The summed E-state index contributed by atoms with van der Waals surface area (Å²) in [6.45, 7) is 6.35. The average Bonchev–Trinajstić information content (AvgIpc) is 2.52. The largest absolute Gasteiger partial charge is 0.393 e. The van der Waals surface area contributed by atoms with Crippen LogP contribution in [0.5, 0.6) is 0 Å². The molecule has 4 atom stereocenters. The molecule has 2 rings (SSSR count). The Bertz CT molecular complexity index is 259. The Labute approximate surface area is 103 Å². The molecule has 4 heteroatoms. The van der Waals surface area contributed by atoms with Crippen molar-refractivity contribution in [3.63, 3.8) is 0 Å². The van der Waals surface area contributed by atoms with Gasteiger partial charge in [-0.25, -0.2) is 0 Å². The maximum Gasteiger partial charge on any atom is 0.0938 e. The highest BCUT2D eigenvalue weighted by molar-refractivity contribution is 4.90. The van der Waals surface area contributed by atoms with Crippen molar-refractivity contribution in [2.75, 3.05) is 19.6 Å². The van der Waals surface area contributed by atoms with Crippen molar-refractivity contribution in [1.82, 2.24) is 4.90 Å². The standard InChI is InChI=1S/C13H25NO3/c1-13(2)4-3-10(15)9(5-13)6-14-7-11(16)12(17)8-14/h9-12,15-17H,3-8H2,1-2H3. The first-order valence-corrected chi connectivity index (χ1v) is 6.64. The van der Waals surface area contributed by atoms with Crippen LogP contribution in [0.2, 0.25) is 0 Å². The summed E-state index contributed by atoms with van der Waals surface area (Å²) < 4.78 is 0. The van der Waals surface area contributed by atoms with Crippen LogP contribution < -0.4 is 0 Å². The smallest absolute Gasteiger partial charge is 0.0938 e. The van der Waals surface area contributed by atoms with Crippen LogP contribution in [0.1, 0.15) is 33.1 Å². The zero-order valence-electron chi connectivity index (χ0n) is 10.8. The first-order valence-electron chi connectivity index (χ1n) is 6.64. The van der Waals surface area contributed by atoms with Crippen molar-refractivity contribution in [2.45, 2.75) is 51.4 Å². The molecule has 0 bridgehead atoms. The van der Waals surface area contributed by atoms with Crippen molar-refractivity contribution >= 4 is 0 Å². The van der Waals surface area contributed by atoms with Crippen LogP contribution in [-0.4, -0.2) is 58.2 Å². The number of aliphatic hydroxyl groups is 3. The average molecular weight is 243 g/mol. The summed E-state index contributed by atoms with van der Waals surface area (Å²) in [5.74, 6) is 0.274. The van der Waals surface area contributed by atoms with Gasteiger partial charge in [-0.05, 0) is 30.6 Å². The Morgan fingerprint density at radius 1 is 1.06 bits per heavy atom. The fraction of sp³-hybridized carbons (Fsp3) is 1.00. The van der Waals surface area contributed by atoms with Gasteiger partial charge < -0.3 is 15.3 Å². The van der Waals surface area contributed by atoms with E-state index >= 15 is 0 Å². The number of hydrogen-bond acceptors (Lipinski definition) is 4. The van der Waals surface area contributed by atoms with E-state index in [2.05, 4.69) is 18.7 Å². The van der Waals surface area contributed by atoms with Crippen molar-refractivity contribution in [2.24, 2.45) is 11.3 Å². The first-order chi connectivity index (χ1) is 7.87. The number of rotatable bonds is 2. The molecule has 0 aromatic carbocycles. The second-order valence-electron chi connectivity index (χ2n) is 6.59. The molecule has 2 aliphatic rings. The molecule has 0 spiro atoms. The molecule has 1 saturated carbocycles. The van der Waals surface area contributed by atoms with Crippen molar-refractivity contribution in [3.8, 4) is 0 Å². The molecule has 0 radical (unpaired) electrons. The number of aliphatic hydroxyl groups excluding tert-OH is 3. The molecule has 0 aromatic heterocycles. The van der Waals surface area contributed by atoms with E-state index in [4.69, 9.17) is 0 Å². The minimum Gasteiger partial charge on any atom is -0.393 e. The summed E-state index contributed by atoms with van der Waals surface area (Å²) in [5.41, 5.74) is 0.306. The Balaban J connectivity index is 1.89. The summed E-state index contributed by atoms with van der Waals surface area (Å²) in [4.78, 5) is 2.07. The molecule has 17 heavy (non-hydrogen) atoms. The summed E-state index contributed by atoms with van der Waals surface area (Å²) in [6, 6.07) is 0. The Kier molecular flexibility index (Phi) is 3.78. The van der Waals surface area contributed by atoms with Crippen molar-refractivity contribution in [1.29, 1.82) is 0 Å². The van der Waals surface area contributed by atoms with Gasteiger partial charge in [-0.2, -0.15) is 0 Å². The third kappa shape index (κ3) is 3.19. The first kappa shape index (κ1) is 13.3. The van der Waals surface area contributed by atoms with Crippen LogP contribution in [0.25, 0.3) is 0 Å². The van der Waals surface area contributed by atoms with E-state index in [0.717, 1.165) is 25.8 Å². The molecule has 100 valence electrons. The lowest BCUT2D eigenvalue weighted by Crippen LogP contribution is -2.40. The third-order valence-corrected chi connectivity index (χ3v) is 4.30. The van der Waals surface area contributed by atoms with Crippen LogP contribution in [0, 0.1) is 11.3 Å². The molecule has 1 saturated heterocycles. The molecule has 0 aromatic rings. The molecule has 4 nitrogen and oxygen atoms in total. The van der Waals surface area contributed by atoms with Crippen molar-refractivity contribution < 1.29 is 15.3 Å². The number of nitrogens with zero attached hydrogens (tertiary/aromatic N) is 1. The monoisotopic (exact) mass is 243 g/mol. The fourth-order valence-electron chi connectivity index (χ4n) is 3.24. The molecule has 1 heterocycles. The number of β-amino-alcohol motifs (C(OH)–C–C–N with tert-alkyl or cyclic N) is 2. The minimum absolute atomic E-state index is 0.224. The predicted molar refractivity (Wildman–Crippen MR) is 65.6 cm³/mol. The fourth-order valence-corrected chi connectivity index (χ4v) is 3.24. The van der Waals surface area contributed by atoms with E-state index in [9.17, 15) is 15.3 Å². The maximum absolute atomic E-state index is 10.0. The van der Waals surface area contributed by atoms with Gasteiger partial charge in [0.1, 0.15) is 0 Å². The normalized spacial score (nSPS) is 42.9. The van der Waals surface area contributed by atoms with E-state index < -0.39 is 12.2 Å². The van der Waals surface area contributed by atoms with Crippen LogP contribution in [0.3, 0.4) is 0 Å². The van der Waals surface area contributed by atoms with Crippen LogP contribution in [0.15, 0.2) is 0 Å². The van der Waals surface area contributed by atoms with Gasteiger partial charge in [-0.1, -0.05) is 13.8 Å². The summed E-state index contributed by atoms with van der Waals surface area (Å²) in [7, 11) is 0. The zero-order valence-corrected chi connectivity index (χ0v) is 10.8. The van der Waals surface area contributed by atoms with Gasteiger partial charge in [0.05, 0.1) is 18.3 Å². The van der Waals surface area contributed by atoms with Gasteiger partial charge in [0.15, 0.2) is 0 Å². The third-order valence-electron chi connectivity index (χ3n) is 4.30. The Morgan fingerprint density at radius 2 is 1.65 bits per heavy atom. The van der Waals surface area contributed by atoms with Gasteiger partial charge in [-0.3, -0.25) is 4.90 Å². The SMILES string of the molecule is CC1(C)CCC(O)C(CN2CC(O)C(O)C2)C1. The Morgan fingerprint density at radius 3 is 2.24 bits per heavy atom. The van der Waals surface area contributed by atoms with Crippen molar-refractivity contribution in [3.05, 3.63) is 0 Å². The molecule has 2 fully saturated rings. The quantitative estimate of drug-likeness (QED) is 0.649.